The molecule has 1 saturated heterocycles. The molecular weight excluding hydrogens is 216 g/mol. The standard InChI is InChI=1S/C12H16N4O/c17-12-8-3-1-2-4-9(8)15-11(16-12)10-7-13-5-6-14-10/h5-9,11,15H,1-4H2,(H,16,17). The molecular formula is C12H16N4O. The molecule has 0 aromatic carbocycles. The van der Waals surface area contributed by atoms with Crippen molar-refractivity contribution in [3.8, 4) is 0 Å². The summed E-state index contributed by atoms with van der Waals surface area (Å²) in [6.45, 7) is 0. The van der Waals surface area contributed by atoms with E-state index in [1.54, 1.807) is 18.6 Å². The first-order valence-electron chi connectivity index (χ1n) is 6.17. The highest BCUT2D eigenvalue weighted by Crippen LogP contribution is 2.29. The van der Waals surface area contributed by atoms with E-state index in [9.17, 15) is 4.79 Å². The van der Waals surface area contributed by atoms with Crippen LogP contribution in [0, 0.1) is 5.92 Å². The van der Waals surface area contributed by atoms with Gasteiger partial charge in [0, 0.05) is 18.4 Å². The zero-order valence-electron chi connectivity index (χ0n) is 9.60. The average Bonchev–Trinajstić information content (AvgIpc) is 2.40. The zero-order valence-corrected chi connectivity index (χ0v) is 9.60. The van der Waals surface area contributed by atoms with E-state index in [2.05, 4.69) is 20.6 Å². The summed E-state index contributed by atoms with van der Waals surface area (Å²) in [4.78, 5) is 20.3. The fraction of sp³-hybridized carbons (Fsp3) is 0.583. The van der Waals surface area contributed by atoms with Crippen LogP contribution in [0.3, 0.4) is 0 Å². The summed E-state index contributed by atoms with van der Waals surface area (Å²) in [5.74, 6) is 0.292. The van der Waals surface area contributed by atoms with E-state index in [0.717, 1.165) is 25.0 Å². The molecule has 1 saturated carbocycles. The Labute approximate surface area is 100 Å². The lowest BCUT2D eigenvalue weighted by atomic mass is 9.82. The van der Waals surface area contributed by atoms with Crippen LogP contribution in [0.4, 0.5) is 0 Å². The maximum absolute atomic E-state index is 12.0. The second kappa shape index (κ2) is 4.41. The Hall–Kier alpha value is -1.49. The summed E-state index contributed by atoms with van der Waals surface area (Å²) < 4.78 is 0. The first kappa shape index (κ1) is 10.7. The Bertz CT molecular complexity index is 408. The molecule has 1 aromatic rings. The zero-order chi connectivity index (χ0) is 11.7. The molecule has 5 nitrogen and oxygen atoms in total. The third-order valence-electron chi connectivity index (χ3n) is 3.65. The summed E-state index contributed by atoms with van der Waals surface area (Å²) in [5.41, 5.74) is 0.782. The molecule has 1 aliphatic carbocycles. The first-order chi connectivity index (χ1) is 8.34. The van der Waals surface area contributed by atoms with Crippen molar-refractivity contribution >= 4 is 5.91 Å². The predicted molar refractivity (Wildman–Crippen MR) is 61.8 cm³/mol. The van der Waals surface area contributed by atoms with Gasteiger partial charge in [0.15, 0.2) is 0 Å². The number of amides is 1. The molecule has 2 heterocycles. The van der Waals surface area contributed by atoms with Gasteiger partial charge in [0.05, 0.1) is 17.8 Å². The third kappa shape index (κ3) is 2.02. The minimum absolute atomic E-state index is 0.136. The van der Waals surface area contributed by atoms with Gasteiger partial charge in [-0.3, -0.25) is 20.1 Å². The lowest BCUT2D eigenvalue weighted by Gasteiger charge is -2.39. The molecule has 3 rings (SSSR count). The van der Waals surface area contributed by atoms with Gasteiger partial charge in [0.1, 0.15) is 6.17 Å². The maximum atomic E-state index is 12.0. The van der Waals surface area contributed by atoms with Gasteiger partial charge in [-0.05, 0) is 12.8 Å². The molecule has 0 bridgehead atoms. The monoisotopic (exact) mass is 232 g/mol. The van der Waals surface area contributed by atoms with E-state index in [-0.39, 0.29) is 18.0 Å². The predicted octanol–water partition coefficient (Wildman–Crippen LogP) is 0.753. The Morgan fingerprint density at radius 1 is 1.24 bits per heavy atom. The number of hydrogen-bond donors (Lipinski definition) is 2. The Morgan fingerprint density at radius 3 is 2.94 bits per heavy atom. The van der Waals surface area contributed by atoms with Crippen LogP contribution in [0.5, 0.6) is 0 Å². The summed E-state index contributed by atoms with van der Waals surface area (Å²) >= 11 is 0. The number of carbonyl (C=O) groups is 1. The number of nitrogens with zero attached hydrogens (tertiary/aromatic N) is 2. The van der Waals surface area contributed by atoms with E-state index in [4.69, 9.17) is 0 Å². The molecule has 1 aliphatic heterocycles. The molecule has 1 amide bonds. The van der Waals surface area contributed by atoms with Crippen LogP contribution >= 0.6 is 0 Å². The Kier molecular flexibility index (Phi) is 2.76. The molecule has 1 aromatic heterocycles. The van der Waals surface area contributed by atoms with Crippen molar-refractivity contribution in [2.75, 3.05) is 0 Å². The fourth-order valence-electron chi connectivity index (χ4n) is 2.77. The van der Waals surface area contributed by atoms with Gasteiger partial charge >= 0.3 is 0 Å². The van der Waals surface area contributed by atoms with Crippen molar-refractivity contribution in [2.24, 2.45) is 5.92 Å². The Balaban J connectivity index is 1.79. The number of aromatic nitrogens is 2. The van der Waals surface area contributed by atoms with Crippen molar-refractivity contribution in [2.45, 2.75) is 37.9 Å². The number of nitrogens with one attached hydrogen (secondary N) is 2. The van der Waals surface area contributed by atoms with Gasteiger partial charge in [0.2, 0.25) is 5.91 Å². The SMILES string of the molecule is O=C1NC(c2cnccn2)NC2CCCCC12. The van der Waals surface area contributed by atoms with Crippen LogP contribution in [-0.4, -0.2) is 21.9 Å². The van der Waals surface area contributed by atoms with Crippen molar-refractivity contribution in [3.05, 3.63) is 24.3 Å². The molecule has 2 N–H and O–H groups in total. The minimum atomic E-state index is -0.185. The number of hydrogen-bond acceptors (Lipinski definition) is 4. The number of rotatable bonds is 1. The van der Waals surface area contributed by atoms with Gasteiger partial charge < -0.3 is 5.32 Å². The van der Waals surface area contributed by atoms with E-state index < -0.39 is 0 Å². The Morgan fingerprint density at radius 2 is 2.12 bits per heavy atom. The second-order valence-electron chi connectivity index (χ2n) is 4.74. The van der Waals surface area contributed by atoms with Crippen molar-refractivity contribution in [1.29, 1.82) is 0 Å². The van der Waals surface area contributed by atoms with Crippen LogP contribution in [0.25, 0.3) is 0 Å². The van der Waals surface area contributed by atoms with Gasteiger partial charge in [-0.25, -0.2) is 0 Å². The van der Waals surface area contributed by atoms with E-state index in [1.165, 1.54) is 6.42 Å². The molecule has 3 atom stereocenters. The molecule has 3 unspecified atom stereocenters. The van der Waals surface area contributed by atoms with Crippen LogP contribution in [0.2, 0.25) is 0 Å². The van der Waals surface area contributed by atoms with E-state index in [0.29, 0.717) is 6.04 Å². The third-order valence-corrected chi connectivity index (χ3v) is 3.65. The van der Waals surface area contributed by atoms with E-state index >= 15 is 0 Å². The van der Waals surface area contributed by atoms with Crippen molar-refractivity contribution in [3.63, 3.8) is 0 Å². The fourth-order valence-corrected chi connectivity index (χ4v) is 2.77. The maximum Gasteiger partial charge on any atom is 0.226 e. The highest BCUT2D eigenvalue weighted by atomic mass is 16.2. The van der Waals surface area contributed by atoms with Crippen molar-refractivity contribution < 1.29 is 4.79 Å². The number of fused-ring (bicyclic) bond motifs is 1. The lowest BCUT2D eigenvalue weighted by molar-refractivity contribution is -0.130. The van der Waals surface area contributed by atoms with Gasteiger partial charge in [-0.1, -0.05) is 12.8 Å². The summed E-state index contributed by atoms with van der Waals surface area (Å²) in [7, 11) is 0. The summed E-state index contributed by atoms with van der Waals surface area (Å²) in [5, 5.41) is 6.45. The van der Waals surface area contributed by atoms with Crippen LogP contribution < -0.4 is 10.6 Å². The normalized spacial score (nSPS) is 32.7. The topological polar surface area (TPSA) is 66.9 Å². The lowest BCUT2D eigenvalue weighted by Crippen LogP contribution is -2.57. The molecule has 0 radical (unpaired) electrons. The van der Waals surface area contributed by atoms with Gasteiger partial charge in [0.25, 0.3) is 0 Å². The van der Waals surface area contributed by atoms with Crippen molar-refractivity contribution in [1.82, 2.24) is 20.6 Å². The molecule has 2 aliphatic rings. The highest BCUT2D eigenvalue weighted by molar-refractivity contribution is 5.80. The minimum Gasteiger partial charge on any atom is -0.335 e. The molecule has 90 valence electrons. The van der Waals surface area contributed by atoms with Crippen LogP contribution in [-0.2, 0) is 4.79 Å². The number of carbonyl (C=O) groups excluding carboxylic acids is 1. The summed E-state index contributed by atoms with van der Waals surface area (Å²) in [6, 6.07) is 0.296. The first-order valence-corrected chi connectivity index (χ1v) is 6.17. The second-order valence-corrected chi connectivity index (χ2v) is 4.74. The average molecular weight is 232 g/mol. The van der Waals surface area contributed by atoms with E-state index in [1.807, 2.05) is 0 Å². The van der Waals surface area contributed by atoms with Gasteiger partial charge in [-0.2, -0.15) is 0 Å². The highest BCUT2D eigenvalue weighted by Gasteiger charge is 2.38. The molecule has 0 spiro atoms. The van der Waals surface area contributed by atoms with Crippen LogP contribution in [0.15, 0.2) is 18.6 Å². The van der Waals surface area contributed by atoms with Crippen LogP contribution in [0.1, 0.15) is 37.5 Å². The molecule has 5 heteroatoms. The smallest absolute Gasteiger partial charge is 0.226 e. The molecule has 2 fully saturated rings. The molecule has 17 heavy (non-hydrogen) atoms. The quantitative estimate of drug-likeness (QED) is 0.750. The summed E-state index contributed by atoms with van der Waals surface area (Å²) in [6.07, 6.45) is 9.23. The van der Waals surface area contributed by atoms with Gasteiger partial charge in [-0.15, -0.1) is 0 Å². The largest absolute Gasteiger partial charge is 0.335 e.